The molecule has 0 amide bonds. The molecule has 5 nitrogen and oxygen atoms in total. The van der Waals surface area contributed by atoms with Gasteiger partial charge in [-0.1, -0.05) is 31.2 Å². The van der Waals surface area contributed by atoms with E-state index in [4.69, 9.17) is 4.74 Å². The molecule has 1 heterocycles. The number of aryl methyl sites for hydroxylation is 1. The van der Waals surface area contributed by atoms with Crippen molar-refractivity contribution in [2.45, 2.75) is 91.0 Å². The molecular formula is C35H42F3N3O2. The first kappa shape index (κ1) is 32.7. The number of aliphatic hydroxyl groups excluding tert-OH is 1. The average Bonchev–Trinajstić information content (AvgIpc) is 2.92. The molecule has 1 N–H and O–H groups in total. The summed E-state index contributed by atoms with van der Waals surface area (Å²) in [5, 5.41) is 20.4. The van der Waals surface area contributed by atoms with Crippen LogP contribution in [0.3, 0.4) is 0 Å². The number of nitrogens with zero attached hydrogens (tertiary/aromatic N) is 3. The molecule has 0 saturated heterocycles. The average molecular weight is 594 g/mol. The fourth-order valence-electron chi connectivity index (χ4n) is 6.25. The molecule has 4 rings (SSSR count). The molecule has 1 fully saturated rings. The number of alkyl halides is 3. The van der Waals surface area contributed by atoms with Gasteiger partial charge in [0.25, 0.3) is 0 Å². The molecule has 1 aromatic rings. The smallest absolute Gasteiger partial charge is 0.356 e. The topological polar surface area (TPSA) is 68.8 Å². The van der Waals surface area contributed by atoms with E-state index >= 15 is 0 Å². The third-order valence-electron chi connectivity index (χ3n) is 8.81. The maximum Gasteiger partial charge on any atom is 0.417 e. The van der Waals surface area contributed by atoms with Crippen molar-refractivity contribution in [2.24, 2.45) is 10.9 Å². The predicted molar refractivity (Wildman–Crippen MR) is 165 cm³/mol. The van der Waals surface area contributed by atoms with Gasteiger partial charge in [-0.25, -0.2) is 0 Å². The van der Waals surface area contributed by atoms with Crippen LogP contribution in [0.5, 0.6) is 0 Å². The summed E-state index contributed by atoms with van der Waals surface area (Å²) in [5.41, 5.74) is 2.94. The van der Waals surface area contributed by atoms with Gasteiger partial charge in [-0.3, -0.25) is 9.89 Å². The van der Waals surface area contributed by atoms with Crippen molar-refractivity contribution in [3.63, 3.8) is 0 Å². The standard InChI is InChI=1S/C35H42F3N3O2/c1-21(2)31(26-12-10-24(5)41(20-22(3)15-26)33(42)43-34(6)13-8-14-34)32-29(35(36,37)38)17-27(18-30(32)40-7)28-16-25(19-39)11-9-23(28)4/h9,11,15-18,22,24,33,42H,1,8,10,12-14,20H2,2-7H3/b26-15-,32-31+,40-30-/t22-,24-,33?/m1/s1. The van der Waals surface area contributed by atoms with Crippen LogP contribution in [0.15, 0.2) is 75.9 Å². The lowest BCUT2D eigenvalue weighted by atomic mass is 9.79. The van der Waals surface area contributed by atoms with Crippen molar-refractivity contribution < 1.29 is 23.0 Å². The summed E-state index contributed by atoms with van der Waals surface area (Å²) < 4.78 is 50.7. The highest BCUT2D eigenvalue weighted by Crippen LogP contribution is 2.44. The summed E-state index contributed by atoms with van der Waals surface area (Å²) in [6.07, 6.45) is 3.17. The van der Waals surface area contributed by atoms with Crippen molar-refractivity contribution in [1.82, 2.24) is 4.90 Å². The second-order valence-electron chi connectivity index (χ2n) is 12.4. The molecule has 2 aliphatic carbocycles. The van der Waals surface area contributed by atoms with Crippen LogP contribution < -0.4 is 0 Å². The van der Waals surface area contributed by atoms with Gasteiger partial charge in [-0.05, 0) is 118 Å². The zero-order chi connectivity index (χ0) is 31.7. The minimum absolute atomic E-state index is 0.0187. The van der Waals surface area contributed by atoms with Crippen molar-refractivity contribution in [2.75, 3.05) is 13.6 Å². The van der Waals surface area contributed by atoms with Crippen molar-refractivity contribution >= 4 is 11.3 Å². The van der Waals surface area contributed by atoms with Crippen LogP contribution in [0.25, 0.3) is 5.57 Å². The number of halogens is 3. The molecule has 0 radical (unpaired) electrons. The second-order valence-corrected chi connectivity index (χ2v) is 12.4. The molecule has 1 saturated carbocycles. The third kappa shape index (κ3) is 7.12. The Kier molecular flexibility index (Phi) is 9.70. The first-order chi connectivity index (χ1) is 20.2. The zero-order valence-corrected chi connectivity index (χ0v) is 26.0. The van der Waals surface area contributed by atoms with E-state index in [1.54, 1.807) is 31.2 Å². The number of benzene rings is 1. The maximum atomic E-state index is 14.9. The highest BCUT2D eigenvalue weighted by atomic mass is 19.4. The summed E-state index contributed by atoms with van der Waals surface area (Å²) in [6, 6.07) is 7.02. The first-order valence-electron chi connectivity index (χ1n) is 14.9. The Bertz CT molecular complexity index is 1470. The van der Waals surface area contributed by atoms with Crippen LogP contribution >= 0.6 is 0 Å². The maximum absolute atomic E-state index is 14.9. The number of allylic oxidation sites excluding steroid dienone is 8. The predicted octanol–water partition coefficient (Wildman–Crippen LogP) is 7.98. The number of hydrogen-bond donors (Lipinski definition) is 1. The van der Waals surface area contributed by atoms with Crippen LogP contribution in [0.2, 0.25) is 0 Å². The lowest BCUT2D eigenvalue weighted by molar-refractivity contribution is -0.274. The Morgan fingerprint density at radius 1 is 1.26 bits per heavy atom. The molecule has 8 heteroatoms. The molecule has 0 spiro atoms. The Hall–Kier alpha value is -3.25. The monoisotopic (exact) mass is 593 g/mol. The van der Waals surface area contributed by atoms with Crippen LogP contribution in [0.4, 0.5) is 13.2 Å². The van der Waals surface area contributed by atoms with E-state index in [0.29, 0.717) is 47.2 Å². The fourth-order valence-corrected chi connectivity index (χ4v) is 6.25. The number of rotatable bonds is 6. The lowest BCUT2D eigenvalue weighted by Gasteiger charge is -2.44. The van der Waals surface area contributed by atoms with E-state index in [-0.39, 0.29) is 28.8 Å². The highest BCUT2D eigenvalue weighted by Gasteiger charge is 2.42. The molecular weight excluding hydrogens is 551 g/mol. The van der Waals surface area contributed by atoms with Gasteiger partial charge in [-0.2, -0.15) is 18.4 Å². The van der Waals surface area contributed by atoms with E-state index < -0.39 is 18.2 Å². The van der Waals surface area contributed by atoms with E-state index in [0.717, 1.165) is 30.4 Å². The van der Waals surface area contributed by atoms with Crippen molar-refractivity contribution in [1.29, 1.82) is 5.26 Å². The minimum atomic E-state index is -4.66. The Morgan fingerprint density at radius 2 is 1.95 bits per heavy atom. The minimum Gasteiger partial charge on any atom is -0.356 e. The molecule has 3 atom stereocenters. The van der Waals surface area contributed by atoms with Gasteiger partial charge in [0.05, 0.1) is 28.5 Å². The van der Waals surface area contributed by atoms with Gasteiger partial charge in [0.1, 0.15) is 0 Å². The largest absolute Gasteiger partial charge is 0.417 e. The molecule has 43 heavy (non-hydrogen) atoms. The zero-order valence-electron chi connectivity index (χ0n) is 26.0. The van der Waals surface area contributed by atoms with Crippen molar-refractivity contribution in [3.8, 4) is 6.07 Å². The summed E-state index contributed by atoms with van der Waals surface area (Å²) >= 11 is 0. The fraction of sp³-hybridized carbons (Fsp3) is 0.486. The number of hydrogen-bond acceptors (Lipinski definition) is 5. The van der Waals surface area contributed by atoms with Gasteiger partial charge in [0.15, 0.2) is 0 Å². The molecule has 1 aliphatic heterocycles. The highest BCUT2D eigenvalue weighted by molar-refractivity contribution is 6.19. The van der Waals surface area contributed by atoms with Gasteiger partial charge >= 0.3 is 6.18 Å². The van der Waals surface area contributed by atoms with Crippen LogP contribution in [-0.4, -0.2) is 53.5 Å². The van der Waals surface area contributed by atoms with Gasteiger partial charge in [-0.15, -0.1) is 0 Å². The summed E-state index contributed by atoms with van der Waals surface area (Å²) in [4.78, 5) is 6.29. The SMILES string of the molecule is C=C(C)C(/C1=C\[C@@H](C)CN(C(O)OC2(C)CCC2)[C@H](C)CC1)=C1/C(C(F)(F)F)=CC(c2cc(C#N)ccc2C)=C/C1=N/C. The number of aliphatic hydroxyl groups is 1. The van der Waals surface area contributed by atoms with Gasteiger partial charge < -0.3 is 9.84 Å². The van der Waals surface area contributed by atoms with Crippen LogP contribution in [0, 0.1) is 24.2 Å². The number of aliphatic imine (C=N–C) groups is 1. The van der Waals surface area contributed by atoms with E-state index in [1.165, 1.54) is 13.1 Å². The third-order valence-corrected chi connectivity index (χ3v) is 8.81. The van der Waals surface area contributed by atoms with Crippen LogP contribution in [-0.2, 0) is 4.74 Å². The Balaban J connectivity index is 1.80. The Labute approximate surface area is 253 Å². The molecule has 0 bridgehead atoms. The van der Waals surface area contributed by atoms with E-state index in [9.17, 15) is 23.5 Å². The van der Waals surface area contributed by atoms with Gasteiger partial charge in [0, 0.05) is 25.2 Å². The van der Waals surface area contributed by atoms with E-state index in [1.807, 2.05) is 38.7 Å². The summed E-state index contributed by atoms with van der Waals surface area (Å²) in [6.45, 7) is 14.2. The Morgan fingerprint density at radius 3 is 2.51 bits per heavy atom. The van der Waals surface area contributed by atoms with Crippen molar-refractivity contribution in [3.05, 3.63) is 87.6 Å². The lowest BCUT2D eigenvalue weighted by Crippen LogP contribution is -2.51. The number of ether oxygens (including phenoxy) is 1. The number of nitriles is 1. The van der Waals surface area contributed by atoms with E-state index in [2.05, 4.69) is 17.6 Å². The molecule has 1 unspecified atom stereocenters. The summed E-state index contributed by atoms with van der Waals surface area (Å²) in [7, 11) is 1.50. The normalized spacial score (nSPS) is 27.0. The van der Waals surface area contributed by atoms with Crippen LogP contribution in [0.1, 0.15) is 76.5 Å². The molecule has 230 valence electrons. The molecule has 1 aromatic carbocycles. The second kappa shape index (κ2) is 12.8. The molecule has 0 aromatic heterocycles. The van der Waals surface area contributed by atoms with Gasteiger partial charge in [0.2, 0.25) is 6.41 Å². The summed E-state index contributed by atoms with van der Waals surface area (Å²) in [5.74, 6) is -0.0773. The first-order valence-corrected chi connectivity index (χ1v) is 14.9. The molecule has 3 aliphatic rings. The quantitative estimate of drug-likeness (QED) is 0.340.